The molecule has 1 saturated heterocycles. The molecule has 2 aliphatic rings. The van der Waals surface area contributed by atoms with Gasteiger partial charge in [-0.3, -0.25) is 0 Å². The highest BCUT2D eigenvalue weighted by Gasteiger charge is 2.31. The zero-order valence-corrected chi connectivity index (χ0v) is 18.2. The minimum atomic E-state index is -0.764. The van der Waals surface area contributed by atoms with Gasteiger partial charge in [0, 0.05) is 31.4 Å². The molecule has 0 spiro atoms. The maximum absolute atomic E-state index is 13.5. The number of aromatic nitrogens is 3. The molecule has 0 bridgehead atoms. The average Bonchev–Trinajstić information content (AvgIpc) is 3.53. The lowest BCUT2D eigenvalue weighted by atomic mass is 9.97. The van der Waals surface area contributed by atoms with E-state index in [1.54, 1.807) is 6.26 Å². The number of hydrogen-bond acceptors (Lipinski definition) is 10. The Labute approximate surface area is 190 Å². The van der Waals surface area contributed by atoms with Crippen LogP contribution < -0.4 is 15.2 Å². The molecule has 2 aromatic heterocycles. The summed E-state index contributed by atoms with van der Waals surface area (Å²) < 4.78 is 25.4. The van der Waals surface area contributed by atoms with E-state index in [9.17, 15) is 4.48 Å². The summed E-state index contributed by atoms with van der Waals surface area (Å²) in [4.78, 5) is 15.9. The number of hydrogen-bond donors (Lipinski definition) is 1. The van der Waals surface area contributed by atoms with Crippen molar-refractivity contribution in [2.45, 2.75) is 38.3 Å². The van der Waals surface area contributed by atoms with Crippen molar-refractivity contribution in [3.05, 3.63) is 66.1 Å². The van der Waals surface area contributed by atoms with E-state index in [1.165, 1.54) is 11.3 Å². The summed E-state index contributed by atoms with van der Waals surface area (Å²) in [5, 5.41) is 5.04. The molecule has 1 N–H and O–H groups in total. The molecule has 33 heavy (non-hydrogen) atoms. The van der Waals surface area contributed by atoms with Gasteiger partial charge in [-0.25, -0.2) is 20.0 Å². The molecular weight excluding hydrogens is 427 g/mol. The molecule has 0 aliphatic carbocycles. The standard InChI is InChI=1S/C22H25FN8O2/c1-2-16-12-24-22(25-13-16)29-10-8-17(9-11-29)20-27-19(14-32-20)21(30-15-26-31(23)28-30)33-18-6-4-3-5-7-18/h3-7,12-15,17,21,28H,2,8-11H2,1H3. The van der Waals surface area contributed by atoms with Crippen molar-refractivity contribution in [3.63, 3.8) is 0 Å². The molecule has 3 aromatic rings. The molecule has 0 radical (unpaired) electrons. The summed E-state index contributed by atoms with van der Waals surface area (Å²) in [5.74, 6) is 2.18. The Bertz CT molecular complexity index is 1070. The number of halogens is 1. The van der Waals surface area contributed by atoms with Gasteiger partial charge >= 0.3 is 0 Å². The van der Waals surface area contributed by atoms with E-state index >= 15 is 0 Å². The molecule has 0 amide bonds. The van der Waals surface area contributed by atoms with E-state index in [0.29, 0.717) is 17.3 Å². The van der Waals surface area contributed by atoms with Crippen LogP contribution in [0.3, 0.4) is 0 Å². The van der Waals surface area contributed by atoms with Crippen LogP contribution in [0.25, 0.3) is 0 Å². The van der Waals surface area contributed by atoms with Crippen molar-refractivity contribution < 1.29 is 13.6 Å². The minimum Gasteiger partial charge on any atom is -0.463 e. The van der Waals surface area contributed by atoms with E-state index in [4.69, 9.17) is 14.1 Å². The molecule has 2 aliphatic heterocycles. The van der Waals surface area contributed by atoms with Crippen molar-refractivity contribution in [2.24, 2.45) is 5.10 Å². The van der Waals surface area contributed by atoms with Crippen molar-refractivity contribution in [1.82, 2.24) is 30.8 Å². The van der Waals surface area contributed by atoms with E-state index in [2.05, 4.69) is 32.4 Å². The molecule has 1 aromatic carbocycles. The Balaban J connectivity index is 1.27. The SMILES string of the molecule is CCc1cnc(N2CCC(c3nc(C(Oc4ccccc4)N4C=NN(F)N4)co3)CC2)nc1. The van der Waals surface area contributed by atoms with Crippen LogP contribution in [-0.4, -0.2) is 44.7 Å². The number of anilines is 1. The van der Waals surface area contributed by atoms with Crippen LogP contribution in [0.5, 0.6) is 5.75 Å². The van der Waals surface area contributed by atoms with Gasteiger partial charge < -0.3 is 14.1 Å². The maximum Gasteiger partial charge on any atom is 0.234 e. The minimum absolute atomic E-state index is 0.104. The number of nitrogens with one attached hydrogen (secondary N) is 1. The summed E-state index contributed by atoms with van der Waals surface area (Å²) in [5.41, 5.74) is 4.09. The van der Waals surface area contributed by atoms with E-state index < -0.39 is 6.23 Å². The zero-order chi connectivity index (χ0) is 22.6. The number of hydrazone groups is 1. The van der Waals surface area contributed by atoms with Crippen LogP contribution in [0.2, 0.25) is 0 Å². The second-order valence-electron chi connectivity index (χ2n) is 7.90. The molecule has 11 heteroatoms. The third-order valence-corrected chi connectivity index (χ3v) is 5.74. The number of rotatable bonds is 7. The van der Waals surface area contributed by atoms with Crippen LogP contribution >= 0.6 is 0 Å². The first-order valence-electron chi connectivity index (χ1n) is 11.0. The van der Waals surface area contributed by atoms with Crippen molar-refractivity contribution in [2.75, 3.05) is 18.0 Å². The molecule has 1 atom stereocenters. The number of piperidine rings is 1. The Hall–Kier alpha value is -3.73. The van der Waals surface area contributed by atoms with Crippen molar-refractivity contribution >= 4 is 12.3 Å². The summed E-state index contributed by atoms with van der Waals surface area (Å²) in [6.07, 6.45) is 8.51. The number of nitrogens with zero attached hydrogens (tertiary/aromatic N) is 7. The molecule has 1 fully saturated rings. The van der Waals surface area contributed by atoms with Crippen molar-refractivity contribution in [1.29, 1.82) is 0 Å². The third kappa shape index (κ3) is 4.72. The fourth-order valence-electron chi connectivity index (χ4n) is 3.87. The topological polar surface area (TPSA) is 95.2 Å². The Morgan fingerprint density at radius 2 is 1.94 bits per heavy atom. The van der Waals surface area contributed by atoms with Gasteiger partial charge in [-0.05, 0) is 42.3 Å². The molecule has 0 saturated carbocycles. The fourth-order valence-corrected chi connectivity index (χ4v) is 3.87. The van der Waals surface area contributed by atoms with Crippen LogP contribution in [0.1, 0.15) is 49.1 Å². The number of ether oxygens (including phenoxy) is 1. The maximum atomic E-state index is 13.5. The van der Waals surface area contributed by atoms with Crippen LogP contribution in [0.15, 0.2) is 58.5 Å². The van der Waals surface area contributed by atoms with Gasteiger partial charge in [0.1, 0.15) is 24.0 Å². The summed E-state index contributed by atoms with van der Waals surface area (Å²) in [7, 11) is 0. The Morgan fingerprint density at radius 1 is 1.18 bits per heavy atom. The van der Waals surface area contributed by atoms with Gasteiger partial charge in [-0.2, -0.15) is 0 Å². The summed E-state index contributed by atoms with van der Waals surface area (Å²) in [6.45, 7) is 3.72. The van der Waals surface area contributed by atoms with Crippen LogP contribution in [0.4, 0.5) is 10.4 Å². The number of para-hydroxylation sites is 1. The van der Waals surface area contributed by atoms with Gasteiger partial charge in [0.25, 0.3) is 0 Å². The first-order chi connectivity index (χ1) is 16.2. The van der Waals surface area contributed by atoms with Gasteiger partial charge in [-0.15, -0.1) is 5.10 Å². The predicted octanol–water partition coefficient (Wildman–Crippen LogP) is 3.35. The normalized spacial score (nSPS) is 17.6. The third-order valence-electron chi connectivity index (χ3n) is 5.74. The quantitative estimate of drug-likeness (QED) is 0.542. The lowest BCUT2D eigenvalue weighted by Gasteiger charge is -2.30. The lowest BCUT2D eigenvalue weighted by Crippen LogP contribution is -2.42. The number of oxazole rings is 1. The van der Waals surface area contributed by atoms with Crippen molar-refractivity contribution in [3.8, 4) is 5.75 Å². The molecule has 172 valence electrons. The number of hydrazine groups is 2. The van der Waals surface area contributed by atoms with Gasteiger partial charge in [-0.1, -0.05) is 35.1 Å². The Morgan fingerprint density at radius 3 is 2.61 bits per heavy atom. The second kappa shape index (κ2) is 9.41. The molecule has 10 nitrogen and oxygen atoms in total. The highest BCUT2D eigenvalue weighted by Crippen LogP contribution is 2.31. The highest BCUT2D eigenvalue weighted by atomic mass is 19.2. The lowest BCUT2D eigenvalue weighted by molar-refractivity contribution is -0.0999. The number of aryl methyl sites for hydroxylation is 1. The van der Waals surface area contributed by atoms with Gasteiger partial charge in [0.05, 0.1) is 0 Å². The van der Waals surface area contributed by atoms with E-state index in [1.807, 2.05) is 42.7 Å². The molecule has 5 rings (SSSR count). The molecule has 1 unspecified atom stereocenters. The van der Waals surface area contributed by atoms with Gasteiger partial charge in [0.2, 0.25) is 12.2 Å². The first-order valence-corrected chi connectivity index (χ1v) is 11.0. The monoisotopic (exact) mass is 452 g/mol. The Kier molecular flexibility index (Phi) is 6.03. The summed E-state index contributed by atoms with van der Waals surface area (Å²) in [6, 6.07) is 9.25. The predicted molar refractivity (Wildman–Crippen MR) is 118 cm³/mol. The first kappa shape index (κ1) is 21.1. The fraction of sp³-hybridized carbons (Fsp3) is 0.364. The largest absolute Gasteiger partial charge is 0.463 e. The van der Waals surface area contributed by atoms with E-state index in [0.717, 1.165) is 43.9 Å². The second-order valence-corrected chi connectivity index (χ2v) is 7.90. The van der Waals surface area contributed by atoms with Crippen LogP contribution in [-0.2, 0) is 6.42 Å². The van der Waals surface area contributed by atoms with Gasteiger partial charge in [0.15, 0.2) is 5.89 Å². The highest BCUT2D eigenvalue weighted by molar-refractivity contribution is 5.55. The van der Waals surface area contributed by atoms with E-state index in [-0.39, 0.29) is 11.3 Å². The number of benzene rings is 1. The van der Waals surface area contributed by atoms with Crippen LogP contribution in [0, 0.1) is 0 Å². The summed E-state index contributed by atoms with van der Waals surface area (Å²) >= 11 is 0. The zero-order valence-electron chi connectivity index (χ0n) is 18.2. The smallest absolute Gasteiger partial charge is 0.234 e. The molecule has 4 heterocycles. The molecular formula is C22H25FN8O2. The average molecular weight is 452 g/mol.